The molecule has 1 aromatic carbocycles. The molecule has 24 heavy (non-hydrogen) atoms. The normalized spacial score (nSPS) is 14.5. The van der Waals surface area contributed by atoms with E-state index in [9.17, 15) is 9.18 Å². The molecule has 2 aromatic rings. The number of carbonyl (C=O) groups is 1. The van der Waals surface area contributed by atoms with Crippen molar-refractivity contribution in [1.82, 2.24) is 14.9 Å². The summed E-state index contributed by atoms with van der Waals surface area (Å²) in [5.41, 5.74) is 0.978. The molecule has 3 rings (SSSR count). The molecule has 0 atom stereocenters. The molecule has 1 saturated heterocycles. The summed E-state index contributed by atoms with van der Waals surface area (Å²) in [6.45, 7) is 2.71. The maximum atomic E-state index is 13.6. The maximum absolute atomic E-state index is 13.6. The largest absolute Gasteiger partial charge is 0.378 e. The number of nitrogens with one attached hydrogen (secondary N) is 1. The van der Waals surface area contributed by atoms with Crippen LogP contribution in [0.4, 0.5) is 10.3 Å². The first-order valence-electron chi connectivity index (χ1n) is 7.91. The SMILES string of the molecule is O=C(c1ccnc(NCCc2ccccc2F)n1)N1CCOCC1. The molecule has 0 saturated carbocycles. The second kappa shape index (κ2) is 7.83. The van der Waals surface area contributed by atoms with E-state index < -0.39 is 0 Å². The molecule has 0 spiro atoms. The smallest absolute Gasteiger partial charge is 0.272 e. The maximum Gasteiger partial charge on any atom is 0.272 e. The zero-order chi connectivity index (χ0) is 16.8. The van der Waals surface area contributed by atoms with Crippen molar-refractivity contribution in [3.63, 3.8) is 0 Å². The number of hydrogen-bond donors (Lipinski definition) is 1. The van der Waals surface area contributed by atoms with E-state index in [-0.39, 0.29) is 11.7 Å². The van der Waals surface area contributed by atoms with E-state index in [0.717, 1.165) is 0 Å². The molecule has 7 heteroatoms. The summed E-state index contributed by atoms with van der Waals surface area (Å²) in [6, 6.07) is 8.25. The fourth-order valence-electron chi connectivity index (χ4n) is 2.50. The molecule has 6 nitrogen and oxygen atoms in total. The van der Waals surface area contributed by atoms with Gasteiger partial charge in [0.15, 0.2) is 0 Å². The number of ether oxygens (including phenoxy) is 1. The van der Waals surface area contributed by atoms with Gasteiger partial charge in [-0.05, 0) is 24.1 Å². The third-order valence-electron chi connectivity index (χ3n) is 3.81. The van der Waals surface area contributed by atoms with Crippen molar-refractivity contribution < 1.29 is 13.9 Å². The standard InChI is InChI=1S/C17H19FN4O2/c18-14-4-2-1-3-13(14)5-7-19-17-20-8-6-15(21-17)16(23)22-9-11-24-12-10-22/h1-4,6,8H,5,7,9-12H2,(H,19,20,21). The number of anilines is 1. The van der Waals surface area contributed by atoms with Crippen LogP contribution in [-0.4, -0.2) is 53.6 Å². The monoisotopic (exact) mass is 330 g/mol. The third kappa shape index (κ3) is 4.05. The van der Waals surface area contributed by atoms with Crippen LogP contribution in [0.2, 0.25) is 0 Å². The number of morpholine rings is 1. The Morgan fingerprint density at radius 1 is 1.25 bits per heavy atom. The molecule has 0 unspecified atom stereocenters. The van der Waals surface area contributed by atoms with Crippen molar-refractivity contribution in [2.24, 2.45) is 0 Å². The van der Waals surface area contributed by atoms with E-state index in [1.807, 2.05) is 0 Å². The van der Waals surface area contributed by atoms with E-state index >= 15 is 0 Å². The van der Waals surface area contributed by atoms with Gasteiger partial charge in [0.05, 0.1) is 13.2 Å². The van der Waals surface area contributed by atoms with Crippen LogP contribution >= 0.6 is 0 Å². The van der Waals surface area contributed by atoms with Crippen molar-refractivity contribution >= 4 is 11.9 Å². The second-order valence-electron chi connectivity index (χ2n) is 5.44. The van der Waals surface area contributed by atoms with E-state index in [1.165, 1.54) is 6.07 Å². The molecular formula is C17H19FN4O2. The highest BCUT2D eigenvalue weighted by atomic mass is 19.1. The number of amides is 1. The minimum absolute atomic E-state index is 0.127. The van der Waals surface area contributed by atoms with Gasteiger partial charge in [0, 0.05) is 25.8 Å². The number of benzene rings is 1. The van der Waals surface area contributed by atoms with Gasteiger partial charge in [-0.2, -0.15) is 0 Å². The topological polar surface area (TPSA) is 67.4 Å². The van der Waals surface area contributed by atoms with Crippen LogP contribution in [0.5, 0.6) is 0 Å². The van der Waals surface area contributed by atoms with Crippen molar-refractivity contribution in [1.29, 1.82) is 0 Å². The predicted molar refractivity (Wildman–Crippen MR) is 87.3 cm³/mol. The number of nitrogens with zero attached hydrogens (tertiary/aromatic N) is 3. The lowest BCUT2D eigenvalue weighted by atomic mass is 10.1. The Bertz CT molecular complexity index is 704. The summed E-state index contributed by atoms with van der Waals surface area (Å²) in [6.07, 6.45) is 2.06. The number of aromatic nitrogens is 2. The van der Waals surface area contributed by atoms with Gasteiger partial charge in [0.1, 0.15) is 11.5 Å². The molecule has 126 valence electrons. The lowest BCUT2D eigenvalue weighted by Gasteiger charge is -2.26. The highest BCUT2D eigenvalue weighted by Gasteiger charge is 2.19. The Balaban J connectivity index is 1.59. The van der Waals surface area contributed by atoms with Gasteiger partial charge in [-0.1, -0.05) is 18.2 Å². The van der Waals surface area contributed by atoms with Gasteiger partial charge in [-0.15, -0.1) is 0 Å². The summed E-state index contributed by atoms with van der Waals surface area (Å²) in [5.74, 6) is 0.0137. The van der Waals surface area contributed by atoms with Crippen molar-refractivity contribution in [2.45, 2.75) is 6.42 Å². The van der Waals surface area contributed by atoms with Crippen LogP contribution in [0.1, 0.15) is 16.1 Å². The van der Waals surface area contributed by atoms with Crippen LogP contribution < -0.4 is 5.32 Å². The van der Waals surface area contributed by atoms with Gasteiger partial charge in [0.25, 0.3) is 5.91 Å². The Kier molecular flexibility index (Phi) is 5.32. The number of rotatable bonds is 5. The van der Waals surface area contributed by atoms with Crippen LogP contribution in [0.3, 0.4) is 0 Å². The van der Waals surface area contributed by atoms with Crippen LogP contribution in [0.15, 0.2) is 36.5 Å². The molecule has 0 bridgehead atoms. The minimum atomic E-state index is -0.225. The zero-order valence-electron chi connectivity index (χ0n) is 13.2. The van der Waals surface area contributed by atoms with E-state index in [2.05, 4.69) is 15.3 Å². The second-order valence-corrected chi connectivity index (χ2v) is 5.44. The van der Waals surface area contributed by atoms with Crippen LogP contribution in [0.25, 0.3) is 0 Å². The van der Waals surface area contributed by atoms with Gasteiger partial charge >= 0.3 is 0 Å². The molecule has 0 aliphatic carbocycles. The molecule has 1 aromatic heterocycles. The summed E-state index contributed by atoms with van der Waals surface area (Å²) < 4.78 is 18.8. The first-order chi connectivity index (χ1) is 11.7. The fraction of sp³-hybridized carbons (Fsp3) is 0.353. The van der Waals surface area contributed by atoms with Crippen molar-refractivity contribution in [3.8, 4) is 0 Å². The Hall–Kier alpha value is -2.54. The van der Waals surface area contributed by atoms with Crippen LogP contribution in [-0.2, 0) is 11.2 Å². The number of hydrogen-bond acceptors (Lipinski definition) is 5. The Morgan fingerprint density at radius 2 is 2.04 bits per heavy atom. The number of halogens is 1. The van der Waals surface area contributed by atoms with E-state index in [0.29, 0.717) is 56.5 Å². The lowest BCUT2D eigenvalue weighted by Crippen LogP contribution is -2.41. The van der Waals surface area contributed by atoms with Gasteiger partial charge < -0.3 is 15.0 Å². The summed E-state index contributed by atoms with van der Waals surface area (Å²) in [7, 11) is 0. The predicted octanol–water partition coefficient (Wildman–Crippen LogP) is 1.74. The number of carbonyl (C=O) groups excluding carboxylic acids is 1. The lowest BCUT2D eigenvalue weighted by molar-refractivity contribution is 0.0299. The van der Waals surface area contributed by atoms with Crippen molar-refractivity contribution in [2.75, 3.05) is 38.2 Å². The quantitative estimate of drug-likeness (QED) is 0.904. The summed E-state index contributed by atoms with van der Waals surface area (Å²) >= 11 is 0. The summed E-state index contributed by atoms with van der Waals surface area (Å²) in [4.78, 5) is 22.5. The van der Waals surface area contributed by atoms with Gasteiger partial charge in [-0.25, -0.2) is 14.4 Å². The third-order valence-corrected chi connectivity index (χ3v) is 3.81. The molecule has 1 amide bonds. The highest BCUT2D eigenvalue weighted by Crippen LogP contribution is 2.09. The fourth-order valence-corrected chi connectivity index (χ4v) is 2.50. The molecule has 1 aliphatic heterocycles. The molecule has 0 radical (unpaired) electrons. The average molecular weight is 330 g/mol. The minimum Gasteiger partial charge on any atom is -0.378 e. The van der Waals surface area contributed by atoms with Crippen LogP contribution in [0, 0.1) is 5.82 Å². The van der Waals surface area contributed by atoms with Gasteiger partial charge in [-0.3, -0.25) is 4.79 Å². The Labute approximate surface area is 139 Å². The average Bonchev–Trinajstić information content (AvgIpc) is 2.64. The Morgan fingerprint density at radius 3 is 2.83 bits per heavy atom. The molecular weight excluding hydrogens is 311 g/mol. The van der Waals surface area contributed by atoms with Gasteiger partial charge in [0.2, 0.25) is 5.95 Å². The highest BCUT2D eigenvalue weighted by molar-refractivity contribution is 5.92. The van der Waals surface area contributed by atoms with E-state index in [4.69, 9.17) is 4.74 Å². The molecule has 1 aliphatic rings. The first kappa shape index (κ1) is 16.3. The van der Waals surface area contributed by atoms with E-state index in [1.54, 1.807) is 35.4 Å². The molecule has 2 heterocycles. The first-order valence-corrected chi connectivity index (χ1v) is 7.91. The van der Waals surface area contributed by atoms with Crippen molar-refractivity contribution in [3.05, 3.63) is 53.6 Å². The molecule has 1 fully saturated rings. The molecule has 1 N–H and O–H groups in total. The zero-order valence-corrected chi connectivity index (χ0v) is 13.2. The summed E-state index contributed by atoms with van der Waals surface area (Å²) in [5, 5.41) is 3.03.